The molecule has 0 fully saturated rings. The lowest BCUT2D eigenvalue weighted by Gasteiger charge is -2.17. The minimum Gasteiger partial charge on any atom is -0.505 e. The minimum absolute atomic E-state index is 0.109. The number of phenolic OH excluding ortho intramolecular Hbond substituents is 1. The van der Waals surface area contributed by atoms with Gasteiger partial charge in [0.05, 0.1) is 0 Å². The van der Waals surface area contributed by atoms with Crippen LogP contribution in [0.1, 0.15) is 13.3 Å². The van der Waals surface area contributed by atoms with Crippen LogP contribution in [0.2, 0.25) is 0 Å². The van der Waals surface area contributed by atoms with Crippen molar-refractivity contribution in [2.24, 2.45) is 10.2 Å². The van der Waals surface area contributed by atoms with E-state index in [0.717, 1.165) is 36.4 Å². The van der Waals surface area contributed by atoms with Crippen LogP contribution < -0.4 is 10.2 Å². The molecule has 0 spiro atoms. The van der Waals surface area contributed by atoms with Gasteiger partial charge in [0, 0.05) is 23.9 Å². The number of anilines is 3. The number of fused-ring (bicyclic) bond motifs is 1. The summed E-state index contributed by atoms with van der Waals surface area (Å²) in [6.07, 6.45) is -0.671. The van der Waals surface area contributed by atoms with Crippen LogP contribution in [0.5, 0.6) is 5.75 Å². The third-order valence-corrected chi connectivity index (χ3v) is 9.81. The van der Waals surface area contributed by atoms with Crippen LogP contribution in [-0.4, -0.2) is 82.7 Å². The Morgan fingerprint density at radius 1 is 0.917 bits per heavy atom. The van der Waals surface area contributed by atoms with Gasteiger partial charge >= 0.3 is 6.08 Å². The highest BCUT2D eigenvalue weighted by atomic mass is 32.2. The number of rotatable bonds is 13. The average molecular weight is 750 g/mol. The van der Waals surface area contributed by atoms with Crippen LogP contribution in [0, 0.1) is 6.08 Å². The second-order valence-corrected chi connectivity index (χ2v) is 15.0. The summed E-state index contributed by atoms with van der Waals surface area (Å²) in [7, 11) is -13.9. The molecule has 48 heavy (non-hydrogen) atoms. The zero-order valence-corrected chi connectivity index (χ0v) is 27.7. The summed E-state index contributed by atoms with van der Waals surface area (Å²) in [6.45, 7) is 1.51. The first-order chi connectivity index (χ1) is 22.3. The SMILES string of the molecule is CCCS(=O)OCN(C)c1nc(F)nc(Nc2ccc(S(=O)(=O)O)c(N=Nc3c(S(=O)(=O)O)cc4cccc(S(=O)(=O)O)c4c3O)c2)n1. The maximum atomic E-state index is 14.3. The van der Waals surface area contributed by atoms with Gasteiger partial charge in [-0.2, -0.15) is 44.6 Å². The van der Waals surface area contributed by atoms with E-state index in [1.54, 1.807) is 6.92 Å². The molecule has 0 radical (unpaired) electrons. The summed E-state index contributed by atoms with van der Waals surface area (Å²) >= 11 is -1.62. The maximum Gasteiger partial charge on any atom is 0.315 e. The molecule has 4 aromatic rings. The van der Waals surface area contributed by atoms with Gasteiger partial charge in [-0.15, -0.1) is 10.2 Å². The molecule has 0 aliphatic rings. The summed E-state index contributed by atoms with van der Waals surface area (Å²) in [5.41, 5.74) is -1.90. The molecular weight excluding hydrogens is 726 g/mol. The molecule has 1 aromatic heterocycles. The van der Waals surface area contributed by atoms with Gasteiger partial charge in [0.1, 0.15) is 32.8 Å². The van der Waals surface area contributed by atoms with Crippen molar-refractivity contribution in [1.29, 1.82) is 0 Å². The zero-order chi connectivity index (χ0) is 35.6. The first-order valence-electron chi connectivity index (χ1n) is 13.0. The lowest BCUT2D eigenvalue weighted by Crippen LogP contribution is -2.25. The summed E-state index contributed by atoms with van der Waals surface area (Å²) < 4.78 is 133. The molecule has 0 amide bonds. The summed E-state index contributed by atoms with van der Waals surface area (Å²) in [4.78, 5) is 9.39. The Hall–Kier alpha value is -4.30. The number of aromatic nitrogens is 3. The third kappa shape index (κ3) is 8.58. The number of hydrogen-bond acceptors (Lipinski definition) is 16. The van der Waals surface area contributed by atoms with E-state index < -0.39 is 90.7 Å². The number of azo groups is 1. The van der Waals surface area contributed by atoms with Gasteiger partial charge in [-0.1, -0.05) is 19.1 Å². The quantitative estimate of drug-likeness (QED) is 0.0744. The fourth-order valence-electron chi connectivity index (χ4n) is 3.99. The van der Waals surface area contributed by atoms with Gasteiger partial charge in [-0.05, 0) is 42.1 Å². The number of halogens is 1. The van der Waals surface area contributed by atoms with Crippen LogP contribution in [0.15, 0.2) is 67.4 Å². The lowest BCUT2D eigenvalue weighted by molar-refractivity contribution is 0.347. The fraction of sp³-hybridized carbons (Fsp3) is 0.208. The summed E-state index contributed by atoms with van der Waals surface area (Å²) in [5, 5.41) is 19.7. The second kappa shape index (κ2) is 14.0. The molecule has 0 bridgehead atoms. The number of nitrogens with one attached hydrogen (secondary N) is 1. The normalized spacial score (nSPS) is 13.2. The Labute approximate surface area is 274 Å². The van der Waals surface area contributed by atoms with Crippen molar-refractivity contribution in [2.45, 2.75) is 28.0 Å². The number of benzene rings is 3. The van der Waals surface area contributed by atoms with Gasteiger partial charge in [-0.3, -0.25) is 17.8 Å². The van der Waals surface area contributed by atoms with E-state index in [1.165, 1.54) is 11.9 Å². The molecular formula is C24H24FN7O12S4. The first kappa shape index (κ1) is 36.5. The van der Waals surface area contributed by atoms with Crippen molar-refractivity contribution in [3.05, 3.63) is 48.5 Å². The molecule has 0 saturated carbocycles. The van der Waals surface area contributed by atoms with E-state index in [9.17, 15) is 52.6 Å². The number of hydrogen-bond donors (Lipinski definition) is 5. The van der Waals surface area contributed by atoms with Crippen molar-refractivity contribution in [2.75, 3.05) is 29.7 Å². The van der Waals surface area contributed by atoms with Crippen LogP contribution in [0.25, 0.3) is 10.8 Å². The summed E-state index contributed by atoms with van der Waals surface area (Å²) in [5.74, 6) is -1.63. The predicted molar refractivity (Wildman–Crippen MR) is 166 cm³/mol. The van der Waals surface area contributed by atoms with Gasteiger partial charge < -0.3 is 15.3 Å². The van der Waals surface area contributed by atoms with Crippen molar-refractivity contribution < 1.29 is 56.8 Å². The molecule has 24 heteroatoms. The van der Waals surface area contributed by atoms with E-state index in [2.05, 4.69) is 30.5 Å². The van der Waals surface area contributed by atoms with Crippen LogP contribution in [0.4, 0.5) is 33.3 Å². The molecule has 0 saturated heterocycles. The molecule has 3 aromatic carbocycles. The molecule has 5 N–H and O–H groups in total. The molecule has 1 unspecified atom stereocenters. The predicted octanol–water partition coefficient (Wildman–Crippen LogP) is 3.25. The van der Waals surface area contributed by atoms with Crippen LogP contribution in [0.3, 0.4) is 0 Å². The van der Waals surface area contributed by atoms with Crippen molar-refractivity contribution in [3.63, 3.8) is 0 Å². The Bertz CT molecular complexity index is 2290. The number of nitrogens with zero attached hydrogens (tertiary/aromatic N) is 6. The molecule has 19 nitrogen and oxygen atoms in total. The third-order valence-electron chi connectivity index (χ3n) is 6.03. The highest BCUT2D eigenvalue weighted by Gasteiger charge is 2.26. The van der Waals surface area contributed by atoms with Crippen LogP contribution >= 0.6 is 0 Å². The standard InChI is InChI=1S/C24H24FN7O12S4/c1-3-9-45(34)44-12-32(2)24-28-22(25)27-23(29-24)26-14-7-8-16(46(35,36)37)15(11-14)30-31-20-18(48(41,42)43)10-13-5-4-6-17(47(38,39)40)19(13)21(20)33/h4-8,10-11,33H,3,9,12H2,1-2H3,(H,35,36,37)(H,38,39,40)(H,41,42,43)(H,26,27,28,29). The van der Waals surface area contributed by atoms with Crippen molar-refractivity contribution in [1.82, 2.24) is 15.0 Å². The number of aromatic hydroxyl groups is 1. The van der Waals surface area contributed by atoms with Crippen molar-refractivity contribution >= 4 is 81.2 Å². The van der Waals surface area contributed by atoms with E-state index >= 15 is 0 Å². The van der Waals surface area contributed by atoms with E-state index in [-0.39, 0.29) is 29.5 Å². The van der Waals surface area contributed by atoms with Crippen molar-refractivity contribution in [3.8, 4) is 5.75 Å². The maximum absolute atomic E-state index is 14.3. The number of phenols is 1. The Morgan fingerprint density at radius 3 is 2.21 bits per heavy atom. The minimum atomic E-state index is -5.21. The van der Waals surface area contributed by atoms with Gasteiger partial charge in [-0.25, -0.2) is 4.21 Å². The molecule has 0 aliphatic carbocycles. The van der Waals surface area contributed by atoms with Gasteiger partial charge in [0.15, 0.2) is 16.8 Å². The highest BCUT2D eigenvalue weighted by molar-refractivity contribution is 7.86. The van der Waals surface area contributed by atoms with E-state index in [4.69, 9.17) is 4.18 Å². The zero-order valence-electron chi connectivity index (χ0n) is 24.4. The smallest absolute Gasteiger partial charge is 0.315 e. The van der Waals surface area contributed by atoms with Gasteiger partial charge in [0.2, 0.25) is 11.9 Å². The monoisotopic (exact) mass is 749 g/mol. The molecule has 258 valence electrons. The molecule has 1 heterocycles. The fourth-order valence-corrected chi connectivity index (χ4v) is 6.70. The molecule has 4 rings (SSSR count). The van der Waals surface area contributed by atoms with Gasteiger partial charge in [0.25, 0.3) is 30.4 Å². The van der Waals surface area contributed by atoms with Crippen LogP contribution in [-0.2, 0) is 45.6 Å². The second-order valence-electron chi connectivity index (χ2n) is 9.54. The average Bonchev–Trinajstić information content (AvgIpc) is 2.97. The lowest BCUT2D eigenvalue weighted by atomic mass is 10.1. The first-order valence-corrected chi connectivity index (χ1v) is 18.5. The largest absolute Gasteiger partial charge is 0.505 e. The molecule has 0 aliphatic heterocycles. The Kier molecular flexibility index (Phi) is 10.7. The summed E-state index contributed by atoms with van der Waals surface area (Å²) in [6, 6.07) is 6.64. The Balaban J connectivity index is 1.80. The molecule has 1 atom stereocenters. The van der Waals surface area contributed by atoms with E-state index in [0.29, 0.717) is 12.5 Å². The highest BCUT2D eigenvalue weighted by Crippen LogP contribution is 2.44. The topological polar surface area (TPSA) is 288 Å². The Morgan fingerprint density at radius 2 is 1.58 bits per heavy atom. The van der Waals surface area contributed by atoms with E-state index in [1.807, 2.05) is 0 Å².